The molecule has 0 unspecified atom stereocenters. The minimum atomic E-state index is -2.86. The van der Waals surface area contributed by atoms with E-state index in [2.05, 4.69) is 22.3 Å². The van der Waals surface area contributed by atoms with Gasteiger partial charge in [0.05, 0.1) is 11.5 Å². The first kappa shape index (κ1) is 17.7. The molecule has 2 aliphatic heterocycles. The molecule has 0 aromatic heterocycles. The number of piperazine rings is 1. The topological polar surface area (TPSA) is 49.4 Å². The molecule has 2 saturated heterocycles. The fourth-order valence-corrected chi connectivity index (χ4v) is 4.94. The van der Waals surface area contributed by atoms with E-state index in [1.807, 2.05) is 18.2 Å². The van der Waals surface area contributed by atoms with E-state index in [1.165, 1.54) is 5.56 Å². The lowest BCUT2D eigenvalue weighted by atomic mass is 10.1. The Morgan fingerprint density at radius 1 is 1.15 bits per heavy atom. The standard InChI is InChI=1S/C13H18N2O2S.2ClH/c16-18(17)9-12-13(10-18)15(7-6-14-12)8-11-4-2-1-3-5-11;;/h1-5,12-14H,6-10H2;2*1H/t12-,13+;;/m0../s1. The lowest BCUT2D eigenvalue weighted by Crippen LogP contribution is -2.56. The molecule has 2 heterocycles. The van der Waals surface area contributed by atoms with Crippen LogP contribution in [0.4, 0.5) is 0 Å². The van der Waals surface area contributed by atoms with Crippen molar-refractivity contribution in [2.75, 3.05) is 24.6 Å². The Bertz CT molecular complexity index is 524. The van der Waals surface area contributed by atoms with Gasteiger partial charge >= 0.3 is 0 Å². The minimum absolute atomic E-state index is 0. The number of nitrogens with zero attached hydrogens (tertiary/aromatic N) is 1. The SMILES string of the molecule is Cl.Cl.O=S1(=O)C[C@@H]2NCCN(Cc3ccccc3)[C@@H]2C1. The first-order valence-electron chi connectivity index (χ1n) is 6.36. The molecule has 2 atom stereocenters. The van der Waals surface area contributed by atoms with Gasteiger partial charge in [-0.25, -0.2) is 8.42 Å². The van der Waals surface area contributed by atoms with Crippen LogP contribution < -0.4 is 5.32 Å². The van der Waals surface area contributed by atoms with Crippen molar-refractivity contribution in [1.29, 1.82) is 0 Å². The Kier molecular flexibility index (Phi) is 6.28. The van der Waals surface area contributed by atoms with Crippen LogP contribution in [0.2, 0.25) is 0 Å². The van der Waals surface area contributed by atoms with Gasteiger partial charge in [0.25, 0.3) is 0 Å². The maximum absolute atomic E-state index is 11.7. The van der Waals surface area contributed by atoms with E-state index < -0.39 is 9.84 Å². The summed E-state index contributed by atoms with van der Waals surface area (Å²) in [6.07, 6.45) is 0. The van der Waals surface area contributed by atoms with Crippen molar-refractivity contribution in [3.8, 4) is 0 Å². The van der Waals surface area contributed by atoms with Gasteiger partial charge in [-0.05, 0) is 5.56 Å². The summed E-state index contributed by atoms with van der Waals surface area (Å²) >= 11 is 0. The quantitative estimate of drug-likeness (QED) is 0.877. The van der Waals surface area contributed by atoms with E-state index in [0.717, 1.165) is 19.6 Å². The molecule has 3 rings (SSSR count). The van der Waals surface area contributed by atoms with Crippen molar-refractivity contribution in [3.63, 3.8) is 0 Å². The van der Waals surface area contributed by atoms with Crippen LogP contribution in [0.15, 0.2) is 30.3 Å². The van der Waals surface area contributed by atoms with Gasteiger partial charge in [0.2, 0.25) is 0 Å². The summed E-state index contributed by atoms with van der Waals surface area (Å²) < 4.78 is 23.5. The van der Waals surface area contributed by atoms with Gasteiger partial charge in [0.15, 0.2) is 9.84 Å². The van der Waals surface area contributed by atoms with E-state index >= 15 is 0 Å². The average Bonchev–Trinajstić information content (AvgIpc) is 2.66. The molecule has 1 aromatic rings. The van der Waals surface area contributed by atoms with Crippen molar-refractivity contribution in [1.82, 2.24) is 10.2 Å². The van der Waals surface area contributed by atoms with Gasteiger partial charge in [-0.3, -0.25) is 4.90 Å². The normalized spacial score (nSPS) is 28.0. The second-order valence-corrected chi connectivity index (χ2v) is 7.31. The number of sulfone groups is 1. The lowest BCUT2D eigenvalue weighted by Gasteiger charge is -2.37. The molecule has 4 nitrogen and oxygen atoms in total. The lowest BCUT2D eigenvalue weighted by molar-refractivity contribution is 0.141. The van der Waals surface area contributed by atoms with Gasteiger partial charge in [-0.2, -0.15) is 0 Å². The van der Waals surface area contributed by atoms with Crippen molar-refractivity contribution in [2.45, 2.75) is 18.6 Å². The summed E-state index contributed by atoms with van der Waals surface area (Å²) in [6, 6.07) is 10.5. The Hall–Kier alpha value is -0.330. The van der Waals surface area contributed by atoms with E-state index in [-0.39, 0.29) is 36.9 Å². The Balaban J connectivity index is 0.000001000. The third kappa shape index (κ3) is 3.86. The maximum Gasteiger partial charge on any atom is 0.153 e. The van der Waals surface area contributed by atoms with Crippen LogP contribution >= 0.6 is 24.8 Å². The average molecular weight is 339 g/mol. The third-order valence-corrected chi connectivity index (χ3v) is 5.54. The highest BCUT2D eigenvalue weighted by Crippen LogP contribution is 2.22. The molecule has 0 aliphatic carbocycles. The van der Waals surface area contributed by atoms with Gasteiger partial charge < -0.3 is 5.32 Å². The number of hydrogen-bond acceptors (Lipinski definition) is 4. The monoisotopic (exact) mass is 338 g/mol. The summed E-state index contributed by atoms with van der Waals surface area (Å²) in [6.45, 7) is 2.65. The molecule has 1 aromatic carbocycles. The fraction of sp³-hybridized carbons (Fsp3) is 0.538. The van der Waals surface area contributed by atoms with Crippen LogP contribution in [0.3, 0.4) is 0 Å². The highest BCUT2D eigenvalue weighted by Gasteiger charge is 2.42. The van der Waals surface area contributed by atoms with Crippen LogP contribution in [0.25, 0.3) is 0 Å². The molecule has 0 amide bonds. The van der Waals surface area contributed by atoms with Crippen molar-refractivity contribution in [3.05, 3.63) is 35.9 Å². The van der Waals surface area contributed by atoms with Crippen LogP contribution in [0, 0.1) is 0 Å². The molecular formula is C13H20Cl2N2O2S. The summed E-state index contributed by atoms with van der Waals surface area (Å²) in [7, 11) is -2.86. The molecule has 7 heteroatoms. The molecule has 2 fully saturated rings. The van der Waals surface area contributed by atoms with E-state index in [0.29, 0.717) is 11.5 Å². The van der Waals surface area contributed by atoms with E-state index in [9.17, 15) is 8.42 Å². The molecule has 2 aliphatic rings. The van der Waals surface area contributed by atoms with Gasteiger partial charge in [-0.1, -0.05) is 30.3 Å². The maximum atomic E-state index is 11.7. The highest BCUT2D eigenvalue weighted by atomic mass is 35.5. The predicted molar refractivity (Wildman–Crippen MR) is 85.6 cm³/mol. The summed E-state index contributed by atoms with van der Waals surface area (Å²) in [4.78, 5) is 2.31. The molecule has 0 spiro atoms. The van der Waals surface area contributed by atoms with E-state index in [1.54, 1.807) is 0 Å². The molecule has 1 N–H and O–H groups in total. The fourth-order valence-electron chi connectivity index (χ4n) is 2.96. The van der Waals surface area contributed by atoms with Gasteiger partial charge in [0, 0.05) is 31.7 Å². The zero-order chi connectivity index (χ0) is 12.6. The minimum Gasteiger partial charge on any atom is -0.310 e. The summed E-state index contributed by atoms with van der Waals surface area (Å²) in [5, 5.41) is 3.33. The Morgan fingerprint density at radius 2 is 1.85 bits per heavy atom. The zero-order valence-electron chi connectivity index (χ0n) is 11.1. The third-order valence-electron chi connectivity index (χ3n) is 3.83. The Morgan fingerprint density at radius 3 is 2.55 bits per heavy atom. The summed E-state index contributed by atoms with van der Waals surface area (Å²) in [5.41, 5.74) is 1.25. The molecule has 20 heavy (non-hydrogen) atoms. The van der Waals surface area contributed by atoms with Crippen molar-refractivity contribution >= 4 is 34.7 Å². The first-order valence-corrected chi connectivity index (χ1v) is 8.18. The second-order valence-electron chi connectivity index (χ2n) is 5.16. The highest BCUT2D eigenvalue weighted by molar-refractivity contribution is 7.91. The number of nitrogens with one attached hydrogen (secondary N) is 1. The molecule has 114 valence electrons. The number of hydrogen-bond donors (Lipinski definition) is 1. The molecular weight excluding hydrogens is 319 g/mol. The van der Waals surface area contributed by atoms with Crippen molar-refractivity contribution in [2.24, 2.45) is 0 Å². The van der Waals surface area contributed by atoms with Crippen LogP contribution in [0.1, 0.15) is 5.56 Å². The van der Waals surface area contributed by atoms with Crippen molar-refractivity contribution < 1.29 is 8.42 Å². The van der Waals surface area contributed by atoms with E-state index in [4.69, 9.17) is 0 Å². The number of fused-ring (bicyclic) bond motifs is 1. The van der Waals surface area contributed by atoms with Crippen LogP contribution in [0.5, 0.6) is 0 Å². The number of rotatable bonds is 2. The second kappa shape index (κ2) is 7.09. The molecule has 0 saturated carbocycles. The number of benzene rings is 1. The molecule has 0 radical (unpaired) electrons. The smallest absolute Gasteiger partial charge is 0.153 e. The van der Waals surface area contributed by atoms with Crippen LogP contribution in [-0.2, 0) is 16.4 Å². The predicted octanol–water partition coefficient (Wildman–Crippen LogP) is 1.10. The van der Waals surface area contributed by atoms with Crippen LogP contribution in [-0.4, -0.2) is 50.0 Å². The molecule has 0 bridgehead atoms. The first-order chi connectivity index (χ1) is 8.64. The largest absolute Gasteiger partial charge is 0.310 e. The van der Waals surface area contributed by atoms with Gasteiger partial charge in [-0.15, -0.1) is 24.8 Å². The van der Waals surface area contributed by atoms with Gasteiger partial charge in [0.1, 0.15) is 0 Å². The Labute approximate surface area is 132 Å². The summed E-state index contributed by atoms with van der Waals surface area (Å²) in [5.74, 6) is 0.598. The number of halogens is 2. The zero-order valence-corrected chi connectivity index (χ0v) is 13.5.